The van der Waals surface area contributed by atoms with Crippen LogP contribution < -0.4 is 10.6 Å². The SMILES string of the molecule is CC(C)CNC(=O)CSc1nnc(NCC2CCCO2)s1. The number of carbonyl (C=O) groups excluding carboxylic acids is 1. The van der Waals surface area contributed by atoms with E-state index < -0.39 is 0 Å². The van der Waals surface area contributed by atoms with E-state index >= 15 is 0 Å². The Kier molecular flexibility index (Phi) is 6.72. The van der Waals surface area contributed by atoms with Gasteiger partial charge in [-0.15, -0.1) is 10.2 Å². The number of carbonyl (C=O) groups is 1. The summed E-state index contributed by atoms with van der Waals surface area (Å²) in [5.41, 5.74) is 0. The number of nitrogens with zero attached hydrogens (tertiary/aromatic N) is 2. The average molecular weight is 330 g/mol. The predicted octanol–water partition coefficient (Wildman–Crippen LogP) is 1.99. The molecule has 2 heterocycles. The molecule has 1 aromatic rings. The largest absolute Gasteiger partial charge is 0.376 e. The van der Waals surface area contributed by atoms with Gasteiger partial charge in [-0.25, -0.2) is 0 Å². The van der Waals surface area contributed by atoms with Crippen molar-refractivity contribution in [2.75, 3.05) is 30.8 Å². The van der Waals surface area contributed by atoms with Gasteiger partial charge >= 0.3 is 0 Å². The first-order valence-corrected chi connectivity index (χ1v) is 9.02. The molecule has 21 heavy (non-hydrogen) atoms. The molecule has 0 spiro atoms. The second-order valence-electron chi connectivity index (χ2n) is 5.38. The second kappa shape index (κ2) is 8.55. The molecule has 0 bridgehead atoms. The molecule has 1 fully saturated rings. The van der Waals surface area contributed by atoms with Crippen molar-refractivity contribution in [1.82, 2.24) is 15.5 Å². The predicted molar refractivity (Wildman–Crippen MR) is 85.9 cm³/mol. The van der Waals surface area contributed by atoms with Gasteiger partial charge in [0.25, 0.3) is 0 Å². The first kappa shape index (κ1) is 16.5. The summed E-state index contributed by atoms with van der Waals surface area (Å²) in [6.07, 6.45) is 2.52. The molecule has 118 valence electrons. The number of aromatic nitrogens is 2. The Morgan fingerprint density at radius 1 is 1.52 bits per heavy atom. The minimum absolute atomic E-state index is 0.0396. The van der Waals surface area contributed by atoms with Crippen molar-refractivity contribution in [1.29, 1.82) is 0 Å². The van der Waals surface area contributed by atoms with Crippen LogP contribution in [0.2, 0.25) is 0 Å². The number of hydrogen-bond donors (Lipinski definition) is 2. The zero-order valence-corrected chi connectivity index (χ0v) is 14.1. The third kappa shape index (κ3) is 6.19. The first-order valence-electron chi connectivity index (χ1n) is 7.22. The van der Waals surface area contributed by atoms with Gasteiger partial charge in [-0.05, 0) is 18.8 Å². The molecule has 1 unspecified atom stereocenters. The van der Waals surface area contributed by atoms with Crippen LogP contribution in [0.5, 0.6) is 0 Å². The lowest BCUT2D eigenvalue weighted by atomic mass is 10.2. The Hall–Kier alpha value is -0.860. The molecule has 1 aliphatic heterocycles. The maximum absolute atomic E-state index is 11.6. The van der Waals surface area contributed by atoms with Crippen LogP contribution >= 0.6 is 23.1 Å². The summed E-state index contributed by atoms with van der Waals surface area (Å²) in [5, 5.41) is 15.1. The summed E-state index contributed by atoms with van der Waals surface area (Å²) in [6.45, 7) is 6.49. The Morgan fingerprint density at radius 3 is 3.10 bits per heavy atom. The Bertz CT molecular complexity index is 447. The average Bonchev–Trinajstić information content (AvgIpc) is 3.11. The summed E-state index contributed by atoms with van der Waals surface area (Å²) in [5.74, 6) is 0.888. The van der Waals surface area contributed by atoms with Crippen molar-refractivity contribution >= 4 is 34.1 Å². The van der Waals surface area contributed by atoms with Gasteiger partial charge in [-0.2, -0.15) is 0 Å². The number of amides is 1. The summed E-state index contributed by atoms with van der Waals surface area (Å²) in [4.78, 5) is 11.6. The molecule has 1 aromatic heterocycles. The minimum atomic E-state index is 0.0396. The van der Waals surface area contributed by atoms with E-state index in [2.05, 4.69) is 34.7 Å². The van der Waals surface area contributed by atoms with E-state index in [1.165, 1.54) is 23.1 Å². The van der Waals surface area contributed by atoms with E-state index in [0.717, 1.165) is 35.5 Å². The van der Waals surface area contributed by atoms with Gasteiger partial charge in [0.1, 0.15) is 0 Å². The fraction of sp³-hybridized carbons (Fsp3) is 0.769. The number of ether oxygens (including phenoxy) is 1. The molecule has 0 aliphatic carbocycles. The van der Waals surface area contributed by atoms with Gasteiger partial charge in [-0.1, -0.05) is 36.9 Å². The van der Waals surface area contributed by atoms with Crippen molar-refractivity contribution < 1.29 is 9.53 Å². The number of anilines is 1. The van der Waals surface area contributed by atoms with Gasteiger partial charge in [0.05, 0.1) is 11.9 Å². The molecule has 1 saturated heterocycles. The van der Waals surface area contributed by atoms with Crippen LogP contribution in [0.25, 0.3) is 0 Å². The van der Waals surface area contributed by atoms with Crippen molar-refractivity contribution in [3.05, 3.63) is 0 Å². The van der Waals surface area contributed by atoms with Crippen LogP contribution in [-0.2, 0) is 9.53 Å². The maximum Gasteiger partial charge on any atom is 0.230 e. The molecule has 2 N–H and O–H groups in total. The number of hydrogen-bond acceptors (Lipinski definition) is 7. The number of rotatable bonds is 8. The van der Waals surface area contributed by atoms with E-state index in [1.54, 1.807) is 0 Å². The standard InChI is InChI=1S/C13H22N4O2S2/c1-9(2)6-14-11(18)8-20-13-17-16-12(21-13)15-7-10-4-3-5-19-10/h9-10H,3-8H2,1-2H3,(H,14,18)(H,15,16). The topological polar surface area (TPSA) is 76.1 Å². The summed E-state index contributed by atoms with van der Waals surface area (Å²) in [7, 11) is 0. The van der Waals surface area contributed by atoms with Crippen LogP contribution in [0.1, 0.15) is 26.7 Å². The molecule has 1 atom stereocenters. The monoisotopic (exact) mass is 330 g/mol. The Morgan fingerprint density at radius 2 is 2.38 bits per heavy atom. The normalized spacial score (nSPS) is 18.1. The van der Waals surface area contributed by atoms with Crippen molar-refractivity contribution in [3.63, 3.8) is 0 Å². The van der Waals surface area contributed by atoms with Crippen molar-refractivity contribution in [2.45, 2.75) is 37.1 Å². The zero-order valence-electron chi connectivity index (χ0n) is 12.4. The fourth-order valence-corrected chi connectivity index (χ4v) is 3.43. The molecule has 2 rings (SSSR count). The van der Waals surface area contributed by atoms with Gasteiger partial charge in [-0.3, -0.25) is 4.79 Å². The fourth-order valence-electron chi connectivity index (χ4n) is 1.84. The Labute approximate surface area is 133 Å². The van der Waals surface area contributed by atoms with Gasteiger partial charge in [0, 0.05) is 19.7 Å². The lowest BCUT2D eigenvalue weighted by Gasteiger charge is -2.08. The number of thioether (sulfide) groups is 1. The molecule has 0 aromatic carbocycles. The van der Waals surface area contributed by atoms with Gasteiger partial charge in [0.15, 0.2) is 4.34 Å². The van der Waals surface area contributed by atoms with Crippen LogP contribution in [0.15, 0.2) is 4.34 Å². The van der Waals surface area contributed by atoms with Crippen molar-refractivity contribution in [3.8, 4) is 0 Å². The van der Waals surface area contributed by atoms with Crippen LogP contribution in [-0.4, -0.2) is 47.7 Å². The van der Waals surface area contributed by atoms with Crippen molar-refractivity contribution in [2.24, 2.45) is 5.92 Å². The highest BCUT2D eigenvalue weighted by molar-refractivity contribution is 8.01. The van der Waals surface area contributed by atoms with E-state index in [-0.39, 0.29) is 12.0 Å². The molecule has 1 aliphatic rings. The molecular formula is C13H22N4O2S2. The van der Waals surface area contributed by atoms with E-state index in [4.69, 9.17) is 4.74 Å². The maximum atomic E-state index is 11.6. The highest BCUT2D eigenvalue weighted by Gasteiger charge is 2.16. The molecule has 6 nitrogen and oxygen atoms in total. The smallest absolute Gasteiger partial charge is 0.230 e. The Balaban J connectivity index is 1.66. The summed E-state index contributed by atoms with van der Waals surface area (Å²) >= 11 is 2.90. The minimum Gasteiger partial charge on any atom is -0.376 e. The molecular weight excluding hydrogens is 308 g/mol. The highest BCUT2D eigenvalue weighted by Crippen LogP contribution is 2.25. The van der Waals surface area contributed by atoms with Gasteiger partial charge in [0.2, 0.25) is 11.0 Å². The van der Waals surface area contributed by atoms with Crippen LogP contribution in [0.4, 0.5) is 5.13 Å². The lowest BCUT2D eigenvalue weighted by Crippen LogP contribution is -2.28. The first-order chi connectivity index (χ1) is 10.1. The number of nitrogens with one attached hydrogen (secondary N) is 2. The molecule has 0 saturated carbocycles. The quantitative estimate of drug-likeness (QED) is 0.710. The molecule has 1 amide bonds. The third-order valence-corrected chi connectivity index (χ3v) is 4.96. The molecule has 8 heteroatoms. The summed E-state index contributed by atoms with van der Waals surface area (Å²) < 4.78 is 6.35. The zero-order chi connectivity index (χ0) is 15.1. The summed E-state index contributed by atoms with van der Waals surface area (Å²) in [6, 6.07) is 0. The van der Waals surface area contributed by atoms with E-state index in [0.29, 0.717) is 18.2 Å². The molecule has 0 radical (unpaired) electrons. The third-order valence-electron chi connectivity index (χ3n) is 2.95. The van der Waals surface area contributed by atoms with Gasteiger partial charge < -0.3 is 15.4 Å². The van der Waals surface area contributed by atoms with Crippen LogP contribution in [0, 0.1) is 5.92 Å². The van der Waals surface area contributed by atoms with Crippen LogP contribution in [0.3, 0.4) is 0 Å². The second-order valence-corrected chi connectivity index (χ2v) is 7.58. The van der Waals surface area contributed by atoms with E-state index in [9.17, 15) is 4.79 Å². The highest BCUT2D eigenvalue weighted by atomic mass is 32.2. The van der Waals surface area contributed by atoms with E-state index in [1.807, 2.05) is 0 Å². The lowest BCUT2D eigenvalue weighted by molar-refractivity contribution is -0.118.